The van der Waals surface area contributed by atoms with Crippen molar-refractivity contribution in [2.45, 2.75) is 37.0 Å². The van der Waals surface area contributed by atoms with E-state index in [0.717, 1.165) is 4.90 Å². The second kappa shape index (κ2) is 8.17. The Kier molecular flexibility index (Phi) is 6.88. The number of carbonyl (C=O) groups is 2. The Labute approximate surface area is 128 Å². The molecule has 1 rings (SSSR count). The lowest BCUT2D eigenvalue weighted by Crippen LogP contribution is -2.37. The smallest absolute Gasteiger partial charge is 0.319 e. The van der Waals surface area contributed by atoms with Crippen LogP contribution in [0.3, 0.4) is 0 Å². The molecule has 1 N–H and O–H groups in total. The summed E-state index contributed by atoms with van der Waals surface area (Å²) in [5, 5.41) is 2.86. The van der Waals surface area contributed by atoms with E-state index in [4.69, 9.17) is 16.3 Å². The molecule has 110 valence electrons. The van der Waals surface area contributed by atoms with Gasteiger partial charge >= 0.3 is 5.97 Å². The van der Waals surface area contributed by atoms with Crippen LogP contribution in [0, 0.1) is 0 Å². The normalized spacial score (nSPS) is 13.4. The number of likely N-dealkylation sites (N-methyl/N-ethyl adjacent to an activating group) is 1. The zero-order valence-corrected chi connectivity index (χ0v) is 13.3. The summed E-state index contributed by atoms with van der Waals surface area (Å²) >= 11 is 7.16. The molecule has 1 aromatic rings. The number of benzene rings is 1. The van der Waals surface area contributed by atoms with Crippen LogP contribution in [0.4, 0.5) is 0 Å². The van der Waals surface area contributed by atoms with Gasteiger partial charge in [0.1, 0.15) is 5.25 Å². The van der Waals surface area contributed by atoms with Crippen molar-refractivity contribution in [3.63, 3.8) is 0 Å². The van der Waals surface area contributed by atoms with E-state index < -0.39 is 17.3 Å². The SMILES string of the molecule is CCNC(=O)[C@@H](C)OC(=O)[C@H](C)Sc1ccc(Cl)cc1. The van der Waals surface area contributed by atoms with E-state index in [2.05, 4.69) is 5.32 Å². The lowest BCUT2D eigenvalue weighted by atomic mass is 10.3. The van der Waals surface area contributed by atoms with Gasteiger partial charge in [-0.25, -0.2) is 0 Å². The molecule has 20 heavy (non-hydrogen) atoms. The molecular formula is C14H18ClNO3S. The third-order valence-electron chi connectivity index (χ3n) is 2.47. The maximum atomic E-state index is 11.9. The maximum Gasteiger partial charge on any atom is 0.319 e. The van der Waals surface area contributed by atoms with E-state index in [0.29, 0.717) is 11.6 Å². The molecule has 0 saturated heterocycles. The van der Waals surface area contributed by atoms with Crippen molar-refractivity contribution in [1.82, 2.24) is 5.32 Å². The number of carbonyl (C=O) groups excluding carboxylic acids is 2. The predicted octanol–water partition coefficient (Wildman–Crippen LogP) is 2.89. The van der Waals surface area contributed by atoms with Gasteiger partial charge in [-0.05, 0) is 45.0 Å². The average Bonchev–Trinajstić information content (AvgIpc) is 2.41. The van der Waals surface area contributed by atoms with Crippen molar-refractivity contribution in [2.75, 3.05) is 6.54 Å². The van der Waals surface area contributed by atoms with Crippen LogP contribution in [0.15, 0.2) is 29.2 Å². The first-order valence-electron chi connectivity index (χ1n) is 6.34. The molecule has 0 saturated carbocycles. The van der Waals surface area contributed by atoms with Gasteiger partial charge in [0.05, 0.1) is 0 Å². The van der Waals surface area contributed by atoms with Crippen LogP contribution < -0.4 is 5.32 Å². The average molecular weight is 316 g/mol. The molecular weight excluding hydrogens is 298 g/mol. The molecule has 0 unspecified atom stereocenters. The highest BCUT2D eigenvalue weighted by atomic mass is 35.5. The fraction of sp³-hybridized carbons (Fsp3) is 0.429. The molecule has 4 nitrogen and oxygen atoms in total. The number of hydrogen-bond acceptors (Lipinski definition) is 4. The Morgan fingerprint density at radius 3 is 2.45 bits per heavy atom. The quantitative estimate of drug-likeness (QED) is 0.648. The molecule has 0 aliphatic heterocycles. The van der Waals surface area contributed by atoms with Crippen molar-refractivity contribution in [2.24, 2.45) is 0 Å². The van der Waals surface area contributed by atoms with Crippen LogP contribution in [-0.4, -0.2) is 29.8 Å². The minimum atomic E-state index is -0.782. The fourth-order valence-corrected chi connectivity index (χ4v) is 2.39. The highest BCUT2D eigenvalue weighted by Gasteiger charge is 2.22. The number of nitrogens with one attached hydrogen (secondary N) is 1. The Bertz CT molecular complexity index is 464. The van der Waals surface area contributed by atoms with Gasteiger partial charge in [0.15, 0.2) is 6.10 Å². The van der Waals surface area contributed by atoms with Crippen LogP contribution in [-0.2, 0) is 14.3 Å². The minimum absolute atomic E-state index is 0.287. The van der Waals surface area contributed by atoms with Gasteiger partial charge in [-0.1, -0.05) is 11.6 Å². The first-order valence-corrected chi connectivity index (χ1v) is 7.60. The van der Waals surface area contributed by atoms with E-state index in [9.17, 15) is 9.59 Å². The standard InChI is InChI=1S/C14H18ClNO3S/c1-4-16-13(17)9(2)19-14(18)10(3)20-12-7-5-11(15)6-8-12/h5-10H,4H2,1-3H3,(H,16,17)/t9-,10+/m1/s1. The summed E-state index contributed by atoms with van der Waals surface area (Å²) in [6.45, 7) is 5.62. The number of rotatable bonds is 6. The van der Waals surface area contributed by atoms with Gasteiger partial charge in [-0.2, -0.15) is 0 Å². The number of thioether (sulfide) groups is 1. The van der Waals surface area contributed by atoms with Crippen molar-refractivity contribution >= 4 is 35.2 Å². The van der Waals surface area contributed by atoms with Crippen LogP contribution in [0.5, 0.6) is 0 Å². The van der Waals surface area contributed by atoms with Gasteiger partial charge in [0.2, 0.25) is 0 Å². The summed E-state index contributed by atoms with van der Waals surface area (Å²) in [7, 11) is 0. The maximum absolute atomic E-state index is 11.9. The van der Waals surface area contributed by atoms with Crippen molar-refractivity contribution in [1.29, 1.82) is 0 Å². The summed E-state index contributed by atoms with van der Waals surface area (Å²) < 4.78 is 5.12. The first-order chi connectivity index (χ1) is 9.43. The van der Waals surface area contributed by atoms with E-state index >= 15 is 0 Å². The predicted molar refractivity (Wildman–Crippen MR) is 81.0 cm³/mol. The van der Waals surface area contributed by atoms with E-state index in [-0.39, 0.29) is 5.91 Å². The summed E-state index contributed by atoms with van der Waals surface area (Å²) in [5.74, 6) is -0.701. The number of hydrogen-bond donors (Lipinski definition) is 1. The summed E-state index contributed by atoms with van der Waals surface area (Å²) in [6.07, 6.45) is -0.782. The van der Waals surface area contributed by atoms with E-state index in [1.807, 2.05) is 19.1 Å². The molecule has 0 heterocycles. The number of halogens is 1. The number of esters is 1. The summed E-state index contributed by atoms with van der Waals surface area (Å²) in [6, 6.07) is 7.20. The second-order valence-corrected chi connectivity index (χ2v) is 6.04. The molecule has 2 atom stereocenters. The third kappa shape index (κ3) is 5.43. The zero-order valence-electron chi connectivity index (χ0n) is 11.7. The third-order valence-corrected chi connectivity index (χ3v) is 3.81. The van der Waals surface area contributed by atoms with Gasteiger partial charge in [-0.15, -0.1) is 11.8 Å². The molecule has 0 radical (unpaired) electrons. The lowest BCUT2D eigenvalue weighted by Gasteiger charge is -2.16. The molecule has 0 bridgehead atoms. The second-order valence-electron chi connectivity index (χ2n) is 4.19. The highest BCUT2D eigenvalue weighted by Crippen LogP contribution is 2.25. The Balaban J connectivity index is 2.50. The van der Waals surface area contributed by atoms with Crippen molar-refractivity contribution < 1.29 is 14.3 Å². The molecule has 1 aromatic carbocycles. The van der Waals surface area contributed by atoms with Crippen LogP contribution >= 0.6 is 23.4 Å². The summed E-state index contributed by atoms with van der Waals surface area (Å²) in [5.41, 5.74) is 0. The number of ether oxygens (including phenoxy) is 1. The molecule has 6 heteroatoms. The van der Waals surface area contributed by atoms with Crippen LogP contribution in [0.2, 0.25) is 5.02 Å². The molecule has 0 aliphatic carbocycles. The largest absolute Gasteiger partial charge is 0.452 e. The Morgan fingerprint density at radius 1 is 1.30 bits per heavy atom. The highest BCUT2D eigenvalue weighted by molar-refractivity contribution is 8.00. The topological polar surface area (TPSA) is 55.4 Å². The monoisotopic (exact) mass is 315 g/mol. The Morgan fingerprint density at radius 2 is 1.90 bits per heavy atom. The van der Waals surface area contributed by atoms with Crippen molar-refractivity contribution in [3.8, 4) is 0 Å². The summed E-state index contributed by atoms with van der Waals surface area (Å²) in [4.78, 5) is 24.3. The lowest BCUT2D eigenvalue weighted by molar-refractivity contribution is -0.153. The molecule has 0 spiro atoms. The molecule has 1 amide bonds. The van der Waals surface area contributed by atoms with E-state index in [1.165, 1.54) is 11.8 Å². The zero-order chi connectivity index (χ0) is 15.1. The fourth-order valence-electron chi connectivity index (χ4n) is 1.41. The van der Waals surface area contributed by atoms with E-state index in [1.54, 1.807) is 26.0 Å². The number of amides is 1. The van der Waals surface area contributed by atoms with Crippen LogP contribution in [0.1, 0.15) is 20.8 Å². The molecule has 0 aromatic heterocycles. The van der Waals surface area contributed by atoms with Gasteiger partial charge in [0, 0.05) is 16.5 Å². The van der Waals surface area contributed by atoms with Gasteiger partial charge < -0.3 is 10.1 Å². The van der Waals surface area contributed by atoms with Gasteiger partial charge in [0.25, 0.3) is 5.91 Å². The molecule has 0 fully saturated rings. The van der Waals surface area contributed by atoms with Crippen LogP contribution in [0.25, 0.3) is 0 Å². The Hall–Kier alpha value is -1.20. The minimum Gasteiger partial charge on any atom is -0.452 e. The first kappa shape index (κ1) is 16.9. The van der Waals surface area contributed by atoms with Gasteiger partial charge in [-0.3, -0.25) is 9.59 Å². The molecule has 0 aliphatic rings. The van der Waals surface area contributed by atoms with Crippen molar-refractivity contribution in [3.05, 3.63) is 29.3 Å².